The fraction of sp³-hybridized carbons (Fsp3) is 0.308. The minimum absolute atomic E-state index is 0.202. The van der Waals surface area contributed by atoms with Gasteiger partial charge in [0, 0.05) is 12.7 Å². The van der Waals surface area contributed by atoms with Crippen molar-refractivity contribution in [2.75, 3.05) is 4.72 Å². The number of sulfonamides is 1. The van der Waals surface area contributed by atoms with Crippen LogP contribution < -0.4 is 4.72 Å². The highest BCUT2D eigenvalue weighted by molar-refractivity contribution is 7.92. The third-order valence-corrected chi connectivity index (χ3v) is 4.72. The van der Waals surface area contributed by atoms with E-state index in [-0.39, 0.29) is 4.90 Å². The molecule has 0 aliphatic heterocycles. The van der Waals surface area contributed by atoms with Crippen LogP contribution in [0, 0.1) is 20.8 Å². The molecule has 0 aliphatic carbocycles. The Morgan fingerprint density at radius 2 is 1.84 bits per heavy atom. The average Bonchev–Trinajstić information content (AvgIpc) is 2.65. The maximum absolute atomic E-state index is 12.3. The number of aromatic nitrogens is 2. The number of anilines is 1. The van der Waals surface area contributed by atoms with Crippen molar-refractivity contribution >= 4 is 15.7 Å². The SMILES string of the molecule is Cc1ccc(NS(=O)(=O)c2cnn(C)c2C)cc1C. The van der Waals surface area contributed by atoms with Gasteiger partial charge >= 0.3 is 0 Å². The molecular formula is C13H17N3O2S. The molecule has 0 saturated carbocycles. The van der Waals surface area contributed by atoms with Gasteiger partial charge < -0.3 is 0 Å². The monoisotopic (exact) mass is 279 g/mol. The lowest BCUT2D eigenvalue weighted by Gasteiger charge is -2.09. The largest absolute Gasteiger partial charge is 0.280 e. The Morgan fingerprint density at radius 3 is 2.37 bits per heavy atom. The summed E-state index contributed by atoms with van der Waals surface area (Å²) in [5.74, 6) is 0. The smallest absolute Gasteiger partial charge is 0.265 e. The molecule has 0 atom stereocenters. The number of benzene rings is 1. The van der Waals surface area contributed by atoms with Crippen molar-refractivity contribution in [3.05, 3.63) is 41.2 Å². The second-order valence-corrected chi connectivity index (χ2v) is 6.27. The van der Waals surface area contributed by atoms with Gasteiger partial charge in [-0.25, -0.2) is 8.42 Å². The van der Waals surface area contributed by atoms with E-state index in [0.717, 1.165) is 11.1 Å². The Bertz CT molecular complexity index is 717. The molecule has 6 heteroatoms. The summed E-state index contributed by atoms with van der Waals surface area (Å²) in [6.45, 7) is 5.66. The van der Waals surface area contributed by atoms with Gasteiger partial charge in [0.25, 0.3) is 10.0 Å². The maximum Gasteiger partial charge on any atom is 0.265 e. The number of nitrogens with one attached hydrogen (secondary N) is 1. The zero-order chi connectivity index (χ0) is 14.2. The summed E-state index contributed by atoms with van der Waals surface area (Å²) >= 11 is 0. The van der Waals surface area contributed by atoms with E-state index < -0.39 is 10.0 Å². The second kappa shape index (κ2) is 4.70. The molecule has 0 fully saturated rings. The highest BCUT2D eigenvalue weighted by atomic mass is 32.2. The van der Waals surface area contributed by atoms with Gasteiger partial charge in [0.05, 0.1) is 11.9 Å². The summed E-state index contributed by atoms with van der Waals surface area (Å²) in [7, 11) is -1.87. The summed E-state index contributed by atoms with van der Waals surface area (Å²) in [5, 5.41) is 3.95. The van der Waals surface area contributed by atoms with Crippen molar-refractivity contribution < 1.29 is 8.42 Å². The summed E-state index contributed by atoms with van der Waals surface area (Å²) in [6, 6.07) is 5.47. The first-order valence-electron chi connectivity index (χ1n) is 5.90. The molecule has 0 amide bonds. The summed E-state index contributed by atoms with van der Waals surface area (Å²) < 4.78 is 28.6. The average molecular weight is 279 g/mol. The fourth-order valence-electron chi connectivity index (χ4n) is 1.76. The molecule has 102 valence electrons. The highest BCUT2D eigenvalue weighted by Crippen LogP contribution is 2.20. The number of nitrogens with zero attached hydrogens (tertiary/aromatic N) is 2. The predicted molar refractivity (Wildman–Crippen MR) is 74.7 cm³/mol. The third-order valence-electron chi connectivity index (χ3n) is 3.24. The molecule has 1 heterocycles. The Kier molecular flexibility index (Phi) is 3.36. The van der Waals surface area contributed by atoms with Crippen molar-refractivity contribution in [2.45, 2.75) is 25.7 Å². The van der Waals surface area contributed by atoms with Crippen molar-refractivity contribution in [3.63, 3.8) is 0 Å². The van der Waals surface area contributed by atoms with Crippen LogP contribution in [-0.4, -0.2) is 18.2 Å². The van der Waals surface area contributed by atoms with E-state index in [1.54, 1.807) is 20.0 Å². The normalized spacial score (nSPS) is 11.6. The van der Waals surface area contributed by atoms with Crippen LogP contribution >= 0.6 is 0 Å². The van der Waals surface area contributed by atoms with Crippen LogP contribution in [0.4, 0.5) is 5.69 Å². The van der Waals surface area contributed by atoms with E-state index in [1.165, 1.54) is 10.9 Å². The van der Waals surface area contributed by atoms with Crippen LogP contribution in [0.3, 0.4) is 0 Å². The Labute approximate surface area is 113 Å². The Balaban J connectivity index is 2.36. The third kappa shape index (κ3) is 2.63. The minimum Gasteiger partial charge on any atom is -0.280 e. The van der Waals surface area contributed by atoms with Crippen molar-refractivity contribution in [3.8, 4) is 0 Å². The van der Waals surface area contributed by atoms with Gasteiger partial charge in [-0.15, -0.1) is 0 Å². The standard InChI is InChI=1S/C13H17N3O2S/c1-9-5-6-12(7-10(9)2)15-19(17,18)13-8-14-16(4)11(13)3/h5-8,15H,1-4H3. The number of rotatable bonds is 3. The van der Waals surface area contributed by atoms with Crippen LogP contribution in [0.15, 0.2) is 29.3 Å². The lowest BCUT2D eigenvalue weighted by molar-refractivity contribution is 0.600. The quantitative estimate of drug-likeness (QED) is 0.936. The highest BCUT2D eigenvalue weighted by Gasteiger charge is 2.20. The predicted octanol–water partition coefficient (Wildman–Crippen LogP) is 2.15. The van der Waals surface area contributed by atoms with Gasteiger partial charge in [0.2, 0.25) is 0 Å². The number of hydrogen-bond acceptors (Lipinski definition) is 3. The van der Waals surface area contributed by atoms with E-state index in [9.17, 15) is 8.42 Å². The summed E-state index contributed by atoms with van der Waals surface area (Å²) in [6.07, 6.45) is 1.36. The van der Waals surface area contributed by atoms with Crippen LogP contribution in [0.1, 0.15) is 16.8 Å². The molecule has 0 spiro atoms. The molecule has 0 unspecified atom stereocenters. The lowest BCUT2D eigenvalue weighted by atomic mass is 10.1. The Hall–Kier alpha value is -1.82. The van der Waals surface area contributed by atoms with Crippen molar-refractivity contribution in [1.29, 1.82) is 0 Å². The van der Waals surface area contributed by atoms with Crippen LogP contribution in [-0.2, 0) is 17.1 Å². The molecule has 0 aliphatic rings. The van der Waals surface area contributed by atoms with E-state index in [4.69, 9.17) is 0 Å². The zero-order valence-electron chi connectivity index (χ0n) is 11.4. The van der Waals surface area contributed by atoms with Gasteiger partial charge in [-0.1, -0.05) is 6.07 Å². The molecule has 1 N–H and O–H groups in total. The first kappa shape index (κ1) is 13.6. The molecule has 2 aromatic rings. The van der Waals surface area contributed by atoms with Gasteiger partial charge in [-0.3, -0.25) is 9.40 Å². The van der Waals surface area contributed by atoms with Crippen LogP contribution in [0.5, 0.6) is 0 Å². The summed E-state index contributed by atoms with van der Waals surface area (Å²) in [5.41, 5.74) is 3.34. The van der Waals surface area contributed by atoms with Gasteiger partial charge in [0.1, 0.15) is 4.90 Å². The first-order chi connectivity index (χ1) is 8.81. The van der Waals surface area contributed by atoms with Crippen molar-refractivity contribution in [1.82, 2.24) is 9.78 Å². The van der Waals surface area contributed by atoms with E-state index >= 15 is 0 Å². The fourth-order valence-corrected chi connectivity index (χ4v) is 3.01. The van der Waals surface area contributed by atoms with Crippen molar-refractivity contribution in [2.24, 2.45) is 7.05 Å². The van der Waals surface area contributed by atoms with Gasteiger partial charge in [-0.2, -0.15) is 5.10 Å². The molecule has 0 bridgehead atoms. The second-order valence-electron chi connectivity index (χ2n) is 4.62. The maximum atomic E-state index is 12.3. The molecule has 19 heavy (non-hydrogen) atoms. The first-order valence-corrected chi connectivity index (χ1v) is 7.38. The molecule has 2 rings (SSSR count). The molecule has 1 aromatic heterocycles. The number of hydrogen-bond donors (Lipinski definition) is 1. The molecule has 1 aromatic carbocycles. The van der Waals surface area contributed by atoms with E-state index in [1.807, 2.05) is 26.0 Å². The van der Waals surface area contributed by atoms with Crippen LogP contribution in [0.2, 0.25) is 0 Å². The topological polar surface area (TPSA) is 64.0 Å². The Morgan fingerprint density at radius 1 is 1.16 bits per heavy atom. The number of aryl methyl sites for hydroxylation is 3. The van der Waals surface area contributed by atoms with Gasteiger partial charge in [-0.05, 0) is 44.0 Å². The van der Waals surface area contributed by atoms with E-state index in [2.05, 4.69) is 9.82 Å². The minimum atomic E-state index is -3.59. The molecule has 0 saturated heterocycles. The zero-order valence-corrected chi connectivity index (χ0v) is 12.2. The molecule has 0 radical (unpaired) electrons. The molecule has 5 nitrogen and oxygen atoms in total. The van der Waals surface area contributed by atoms with E-state index in [0.29, 0.717) is 11.4 Å². The lowest BCUT2D eigenvalue weighted by Crippen LogP contribution is -2.14. The molecular weight excluding hydrogens is 262 g/mol. The van der Waals surface area contributed by atoms with Crippen LogP contribution in [0.25, 0.3) is 0 Å². The van der Waals surface area contributed by atoms with Gasteiger partial charge in [0.15, 0.2) is 0 Å². The summed E-state index contributed by atoms with van der Waals surface area (Å²) in [4.78, 5) is 0.202.